The smallest absolute Gasteiger partial charge is 0.336 e. The minimum Gasteiger partial charge on any atom is -0.493 e. The number of nitrogens with one attached hydrogen (secondary N) is 1. The summed E-state index contributed by atoms with van der Waals surface area (Å²) in [5, 5.41) is 2.04. The van der Waals surface area contributed by atoms with E-state index in [9.17, 15) is 18.8 Å². The fraction of sp³-hybridized carbons (Fsp3) is 0.150. The molecule has 0 unspecified atom stereocenters. The molecule has 0 saturated carbocycles. The number of urea groups is 1. The van der Waals surface area contributed by atoms with Crippen LogP contribution in [0.5, 0.6) is 17.2 Å². The molecular formula is C20H17FN2O6. The zero-order chi connectivity index (χ0) is 21.1. The number of ether oxygens (including phenoxy) is 3. The molecule has 3 rings (SSSR count). The number of nitrogens with zero attached hydrogens (tertiary/aromatic N) is 1. The van der Waals surface area contributed by atoms with E-state index in [0.29, 0.717) is 27.7 Å². The van der Waals surface area contributed by atoms with Crippen molar-refractivity contribution in [3.63, 3.8) is 0 Å². The molecule has 1 heterocycles. The second-order valence-electron chi connectivity index (χ2n) is 5.87. The molecule has 0 atom stereocenters. The van der Waals surface area contributed by atoms with Crippen LogP contribution in [0.3, 0.4) is 0 Å². The van der Waals surface area contributed by atoms with E-state index in [4.69, 9.17) is 14.2 Å². The van der Waals surface area contributed by atoms with Crippen LogP contribution in [0.15, 0.2) is 42.0 Å². The van der Waals surface area contributed by atoms with Gasteiger partial charge in [0.25, 0.3) is 11.8 Å². The van der Waals surface area contributed by atoms with E-state index in [1.54, 1.807) is 0 Å². The first-order valence-electron chi connectivity index (χ1n) is 8.37. The molecule has 0 aliphatic carbocycles. The van der Waals surface area contributed by atoms with Gasteiger partial charge in [0, 0.05) is 0 Å². The summed E-state index contributed by atoms with van der Waals surface area (Å²) in [7, 11) is 4.28. The van der Waals surface area contributed by atoms with E-state index in [-0.39, 0.29) is 11.3 Å². The second kappa shape index (κ2) is 8.01. The lowest BCUT2D eigenvalue weighted by atomic mass is 10.1. The average Bonchev–Trinajstić information content (AvgIpc) is 2.71. The van der Waals surface area contributed by atoms with Crippen LogP contribution in [-0.4, -0.2) is 39.2 Å². The summed E-state index contributed by atoms with van der Waals surface area (Å²) in [6.45, 7) is 0. The fourth-order valence-electron chi connectivity index (χ4n) is 2.86. The zero-order valence-electron chi connectivity index (χ0n) is 15.8. The van der Waals surface area contributed by atoms with Gasteiger partial charge in [0.1, 0.15) is 11.4 Å². The monoisotopic (exact) mass is 400 g/mol. The number of carbonyl (C=O) groups is 3. The van der Waals surface area contributed by atoms with Crippen LogP contribution in [0.25, 0.3) is 6.08 Å². The molecule has 9 heteroatoms. The highest BCUT2D eigenvalue weighted by Gasteiger charge is 2.38. The lowest BCUT2D eigenvalue weighted by Gasteiger charge is -2.26. The Hall–Kier alpha value is -3.88. The Morgan fingerprint density at radius 3 is 2.14 bits per heavy atom. The summed E-state index contributed by atoms with van der Waals surface area (Å²) >= 11 is 0. The molecule has 150 valence electrons. The molecule has 8 nitrogen and oxygen atoms in total. The van der Waals surface area contributed by atoms with Gasteiger partial charge in [-0.1, -0.05) is 12.1 Å². The lowest BCUT2D eigenvalue weighted by Crippen LogP contribution is -2.54. The van der Waals surface area contributed by atoms with Crippen LogP contribution in [0.1, 0.15) is 5.56 Å². The van der Waals surface area contributed by atoms with E-state index in [0.717, 1.165) is 6.07 Å². The van der Waals surface area contributed by atoms with Crippen LogP contribution in [0.4, 0.5) is 14.9 Å². The minimum atomic E-state index is -1.04. The van der Waals surface area contributed by atoms with Gasteiger partial charge in [0.05, 0.1) is 27.0 Å². The van der Waals surface area contributed by atoms with Crippen LogP contribution < -0.4 is 24.4 Å². The summed E-state index contributed by atoms with van der Waals surface area (Å²) in [5.41, 5.74) is -0.249. The summed E-state index contributed by atoms with van der Waals surface area (Å²) in [5.74, 6) is -1.69. The molecular weight excluding hydrogens is 383 g/mol. The van der Waals surface area contributed by atoms with Crippen molar-refractivity contribution in [2.24, 2.45) is 0 Å². The van der Waals surface area contributed by atoms with Crippen LogP contribution in [0, 0.1) is 5.82 Å². The normalized spacial score (nSPS) is 15.4. The number of carbonyl (C=O) groups excluding carboxylic acids is 3. The number of rotatable bonds is 5. The Bertz CT molecular complexity index is 1010. The van der Waals surface area contributed by atoms with Gasteiger partial charge in [-0.25, -0.2) is 14.1 Å². The van der Waals surface area contributed by atoms with Crippen molar-refractivity contribution < 1.29 is 33.0 Å². The van der Waals surface area contributed by atoms with Crippen molar-refractivity contribution in [1.29, 1.82) is 0 Å². The van der Waals surface area contributed by atoms with Crippen LogP contribution >= 0.6 is 0 Å². The molecule has 0 spiro atoms. The number of amides is 4. The number of hydrogen-bond acceptors (Lipinski definition) is 6. The highest BCUT2D eigenvalue weighted by molar-refractivity contribution is 6.39. The second-order valence-corrected chi connectivity index (χ2v) is 5.87. The Morgan fingerprint density at radius 1 is 0.966 bits per heavy atom. The molecule has 1 aliphatic heterocycles. The fourth-order valence-corrected chi connectivity index (χ4v) is 2.86. The van der Waals surface area contributed by atoms with Crippen LogP contribution in [0.2, 0.25) is 0 Å². The third kappa shape index (κ3) is 3.62. The minimum absolute atomic E-state index is 0.265. The third-order valence-electron chi connectivity index (χ3n) is 4.19. The van der Waals surface area contributed by atoms with Gasteiger partial charge < -0.3 is 14.2 Å². The topological polar surface area (TPSA) is 94.2 Å². The number of para-hydroxylation sites is 1. The summed E-state index contributed by atoms with van der Waals surface area (Å²) in [6, 6.07) is 7.28. The van der Waals surface area contributed by atoms with Gasteiger partial charge in [-0.15, -0.1) is 0 Å². The number of anilines is 1. The Balaban J connectivity index is 2.09. The maximum absolute atomic E-state index is 14.1. The highest BCUT2D eigenvalue weighted by Crippen LogP contribution is 2.39. The number of benzene rings is 2. The SMILES string of the molecule is COc1cc(C=C2C(=O)NC(=O)N(c3ccccc3F)C2=O)cc(OC)c1OC. The first kappa shape index (κ1) is 19.9. The van der Waals surface area contributed by atoms with Crippen LogP contribution in [-0.2, 0) is 9.59 Å². The van der Waals surface area contributed by atoms with Gasteiger partial charge in [-0.2, -0.15) is 0 Å². The molecule has 1 N–H and O–H groups in total. The molecule has 1 aliphatic rings. The largest absolute Gasteiger partial charge is 0.493 e. The molecule has 0 radical (unpaired) electrons. The first-order chi connectivity index (χ1) is 13.9. The van der Waals surface area contributed by atoms with E-state index in [2.05, 4.69) is 0 Å². The Labute approximate surface area is 165 Å². The van der Waals surface area contributed by atoms with Gasteiger partial charge in [0.2, 0.25) is 5.75 Å². The molecule has 2 aromatic carbocycles. The van der Waals surface area contributed by atoms with E-state index in [1.807, 2.05) is 5.32 Å². The number of hydrogen-bond donors (Lipinski definition) is 1. The van der Waals surface area contributed by atoms with Crippen molar-refractivity contribution >= 4 is 29.6 Å². The third-order valence-corrected chi connectivity index (χ3v) is 4.19. The van der Waals surface area contributed by atoms with Gasteiger partial charge in [-0.05, 0) is 35.9 Å². The maximum Gasteiger partial charge on any atom is 0.336 e. The van der Waals surface area contributed by atoms with E-state index in [1.165, 1.54) is 57.7 Å². The number of imide groups is 2. The Morgan fingerprint density at radius 2 is 1.59 bits per heavy atom. The molecule has 0 bridgehead atoms. The molecule has 0 aromatic heterocycles. The van der Waals surface area contributed by atoms with Crippen molar-refractivity contribution in [3.8, 4) is 17.2 Å². The van der Waals surface area contributed by atoms with Crippen molar-refractivity contribution in [2.75, 3.05) is 26.2 Å². The lowest BCUT2D eigenvalue weighted by molar-refractivity contribution is -0.122. The molecule has 2 aromatic rings. The van der Waals surface area contributed by atoms with Gasteiger partial charge >= 0.3 is 6.03 Å². The number of methoxy groups -OCH3 is 3. The zero-order valence-corrected chi connectivity index (χ0v) is 15.8. The average molecular weight is 400 g/mol. The number of halogens is 1. The summed E-state index contributed by atoms with van der Waals surface area (Å²) in [6.07, 6.45) is 1.25. The van der Waals surface area contributed by atoms with Gasteiger partial charge in [0.15, 0.2) is 11.5 Å². The van der Waals surface area contributed by atoms with Crippen molar-refractivity contribution in [1.82, 2.24) is 5.32 Å². The predicted octanol–water partition coefficient (Wildman–Crippen LogP) is 2.52. The van der Waals surface area contributed by atoms with E-state index < -0.39 is 23.7 Å². The molecule has 1 fully saturated rings. The quantitative estimate of drug-likeness (QED) is 0.612. The Kier molecular flexibility index (Phi) is 5.49. The summed E-state index contributed by atoms with van der Waals surface area (Å²) < 4.78 is 29.9. The van der Waals surface area contributed by atoms with Crippen molar-refractivity contribution in [2.45, 2.75) is 0 Å². The number of barbiturate groups is 1. The molecule has 1 saturated heterocycles. The van der Waals surface area contributed by atoms with Gasteiger partial charge in [-0.3, -0.25) is 14.9 Å². The maximum atomic E-state index is 14.1. The summed E-state index contributed by atoms with van der Waals surface area (Å²) in [4.78, 5) is 37.9. The molecule has 29 heavy (non-hydrogen) atoms. The first-order valence-corrected chi connectivity index (χ1v) is 8.37. The molecule has 4 amide bonds. The van der Waals surface area contributed by atoms with E-state index >= 15 is 0 Å². The van der Waals surface area contributed by atoms with Crippen molar-refractivity contribution in [3.05, 3.63) is 53.4 Å². The predicted molar refractivity (Wildman–Crippen MR) is 101 cm³/mol. The standard InChI is InChI=1S/C20H17FN2O6/c1-27-15-9-11(10-16(28-2)17(15)29-3)8-12-18(24)22-20(26)23(19(12)25)14-7-5-4-6-13(14)21/h4-10H,1-3H3,(H,22,24,26). The highest BCUT2D eigenvalue weighted by atomic mass is 19.1.